The average molecular weight is 467 g/mol. The minimum absolute atomic E-state index is 0.00485. The molecule has 0 saturated heterocycles. The first-order chi connectivity index (χ1) is 16.3. The molecule has 0 bridgehead atoms. The summed E-state index contributed by atoms with van der Waals surface area (Å²) in [5.41, 5.74) is 6.89. The Morgan fingerprint density at radius 1 is 0.647 bits per heavy atom. The van der Waals surface area contributed by atoms with Crippen molar-refractivity contribution in [2.75, 3.05) is 6.61 Å². The molecule has 34 heavy (non-hydrogen) atoms. The SMILES string of the molecule is CCC(CO)[n+]1c(-c2ccccc2)cc(-c2ccccc2)cc1-c1ccccc1.F[B-](F)(F)F. The normalized spacial score (nSPS) is 11.9. The van der Waals surface area contributed by atoms with Crippen molar-refractivity contribution in [1.29, 1.82) is 0 Å². The highest BCUT2D eigenvalue weighted by molar-refractivity contribution is 6.50. The summed E-state index contributed by atoms with van der Waals surface area (Å²) in [6.07, 6.45) is 0.853. The van der Waals surface area contributed by atoms with Gasteiger partial charge in [-0.05, 0) is 35.4 Å². The van der Waals surface area contributed by atoms with Crippen LogP contribution in [0.1, 0.15) is 19.4 Å². The number of rotatable bonds is 6. The van der Waals surface area contributed by atoms with E-state index in [1.165, 1.54) is 11.1 Å². The van der Waals surface area contributed by atoms with Crippen LogP contribution in [0.5, 0.6) is 0 Å². The fourth-order valence-electron chi connectivity index (χ4n) is 3.85. The van der Waals surface area contributed by atoms with Gasteiger partial charge < -0.3 is 22.4 Å². The molecule has 0 aliphatic carbocycles. The highest BCUT2D eigenvalue weighted by Crippen LogP contribution is 2.30. The lowest BCUT2D eigenvalue weighted by Crippen LogP contribution is -2.45. The van der Waals surface area contributed by atoms with Crippen molar-refractivity contribution in [2.45, 2.75) is 19.4 Å². The maximum Gasteiger partial charge on any atom is 0.673 e. The van der Waals surface area contributed by atoms with Crippen LogP contribution in [0.25, 0.3) is 33.6 Å². The van der Waals surface area contributed by atoms with E-state index < -0.39 is 7.25 Å². The third kappa shape index (κ3) is 6.78. The van der Waals surface area contributed by atoms with Crippen LogP contribution in [0.3, 0.4) is 0 Å². The van der Waals surface area contributed by atoms with Crippen molar-refractivity contribution in [3.63, 3.8) is 0 Å². The Labute approximate surface area is 197 Å². The minimum Gasteiger partial charge on any atom is -0.418 e. The second kappa shape index (κ2) is 11.6. The molecule has 3 aromatic carbocycles. The predicted molar refractivity (Wildman–Crippen MR) is 130 cm³/mol. The molecule has 4 rings (SSSR count). The summed E-state index contributed by atoms with van der Waals surface area (Å²) in [5, 5.41) is 10.2. The first kappa shape index (κ1) is 25.2. The lowest BCUT2D eigenvalue weighted by molar-refractivity contribution is -0.704. The molecule has 1 heterocycles. The first-order valence-corrected chi connectivity index (χ1v) is 11.1. The third-order valence-electron chi connectivity index (χ3n) is 5.40. The summed E-state index contributed by atoms with van der Waals surface area (Å²) in [5.74, 6) is 0. The largest absolute Gasteiger partial charge is 0.673 e. The molecule has 1 unspecified atom stereocenters. The molecule has 4 aromatic rings. The molecule has 0 amide bonds. The van der Waals surface area contributed by atoms with Crippen LogP contribution >= 0.6 is 0 Å². The topological polar surface area (TPSA) is 24.1 Å². The maximum atomic E-state index is 10.2. The number of nitrogens with zero attached hydrogens (tertiary/aromatic N) is 1. The van der Waals surface area contributed by atoms with E-state index in [1.54, 1.807) is 0 Å². The van der Waals surface area contributed by atoms with Crippen molar-refractivity contribution in [3.8, 4) is 33.6 Å². The van der Waals surface area contributed by atoms with Crippen LogP contribution in [0.15, 0.2) is 103 Å². The highest BCUT2D eigenvalue weighted by atomic mass is 19.5. The molecule has 0 radical (unpaired) electrons. The Hall–Kier alpha value is -3.45. The van der Waals surface area contributed by atoms with E-state index in [1.807, 2.05) is 18.2 Å². The fourth-order valence-corrected chi connectivity index (χ4v) is 3.85. The number of halogens is 4. The minimum atomic E-state index is -6.00. The van der Waals surface area contributed by atoms with Crippen LogP contribution < -0.4 is 4.57 Å². The number of benzene rings is 3. The van der Waals surface area contributed by atoms with Gasteiger partial charge in [0, 0.05) is 29.7 Å². The van der Waals surface area contributed by atoms with Crippen LogP contribution in [0, 0.1) is 0 Å². The predicted octanol–water partition coefficient (Wildman–Crippen LogP) is 7.22. The third-order valence-corrected chi connectivity index (χ3v) is 5.40. The first-order valence-electron chi connectivity index (χ1n) is 11.1. The standard InChI is InChI=1S/C27H26NO.BF4/c1-2-25(20-29)28-26(22-14-8-4-9-15-22)18-24(21-12-6-3-7-13-21)19-27(28)23-16-10-5-11-17-23;2-1(3,4)5/h3-19,25,29H,2,20H2,1H3;/q+1;-1. The molecule has 1 atom stereocenters. The van der Waals surface area contributed by atoms with Gasteiger partial charge in [0.1, 0.15) is 6.61 Å². The van der Waals surface area contributed by atoms with Crippen molar-refractivity contribution in [3.05, 3.63) is 103 Å². The van der Waals surface area contributed by atoms with Crippen LogP contribution in [-0.2, 0) is 0 Å². The summed E-state index contributed by atoms with van der Waals surface area (Å²) < 4.78 is 41.3. The number of aromatic nitrogens is 1. The van der Waals surface area contributed by atoms with E-state index in [9.17, 15) is 22.4 Å². The molecule has 1 aromatic heterocycles. The van der Waals surface area contributed by atoms with Gasteiger partial charge in [-0.2, -0.15) is 4.57 Å². The Morgan fingerprint density at radius 3 is 1.32 bits per heavy atom. The van der Waals surface area contributed by atoms with Crippen LogP contribution in [0.4, 0.5) is 17.3 Å². The molecule has 1 N–H and O–H groups in total. The molecule has 0 aliphatic heterocycles. The van der Waals surface area contributed by atoms with Gasteiger partial charge in [-0.1, -0.05) is 73.7 Å². The number of hydrogen-bond acceptors (Lipinski definition) is 1. The monoisotopic (exact) mass is 467 g/mol. The van der Waals surface area contributed by atoms with Gasteiger partial charge in [-0.25, -0.2) is 0 Å². The van der Waals surface area contributed by atoms with E-state index in [0.29, 0.717) is 0 Å². The fraction of sp³-hybridized carbons (Fsp3) is 0.148. The smallest absolute Gasteiger partial charge is 0.418 e. The van der Waals surface area contributed by atoms with E-state index in [0.717, 1.165) is 28.9 Å². The van der Waals surface area contributed by atoms with Gasteiger partial charge in [-0.15, -0.1) is 0 Å². The highest BCUT2D eigenvalue weighted by Gasteiger charge is 2.28. The van der Waals surface area contributed by atoms with Crippen LogP contribution in [0.2, 0.25) is 0 Å². The molecule has 0 saturated carbocycles. The lowest BCUT2D eigenvalue weighted by Gasteiger charge is -2.17. The summed E-state index contributed by atoms with van der Waals surface area (Å²) >= 11 is 0. The molecule has 7 heteroatoms. The number of aliphatic hydroxyl groups excluding tert-OH is 1. The molecule has 0 aliphatic rings. The van der Waals surface area contributed by atoms with Crippen molar-refractivity contribution in [1.82, 2.24) is 0 Å². The van der Waals surface area contributed by atoms with E-state index >= 15 is 0 Å². The van der Waals surface area contributed by atoms with Gasteiger partial charge in [0.25, 0.3) is 0 Å². The molecule has 0 spiro atoms. The number of hydrogen-bond donors (Lipinski definition) is 1. The zero-order chi connectivity index (χ0) is 24.6. The lowest BCUT2D eigenvalue weighted by atomic mass is 9.97. The summed E-state index contributed by atoms with van der Waals surface area (Å²) in [6, 6.07) is 35.9. The van der Waals surface area contributed by atoms with Crippen molar-refractivity contribution < 1.29 is 26.9 Å². The van der Waals surface area contributed by atoms with Gasteiger partial charge >= 0.3 is 7.25 Å². The quantitative estimate of drug-likeness (QED) is 0.181. The second-order valence-electron chi connectivity index (χ2n) is 7.72. The van der Waals surface area contributed by atoms with E-state index in [2.05, 4.69) is 96.4 Å². The average Bonchev–Trinajstić information content (AvgIpc) is 2.85. The zero-order valence-electron chi connectivity index (χ0n) is 18.8. The second-order valence-corrected chi connectivity index (χ2v) is 7.72. The Morgan fingerprint density at radius 2 is 1.00 bits per heavy atom. The van der Waals surface area contributed by atoms with E-state index in [-0.39, 0.29) is 12.6 Å². The van der Waals surface area contributed by atoms with Crippen molar-refractivity contribution in [2.24, 2.45) is 0 Å². The number of aliphatic hydroxyl groups is 1. The summed E-state index contributed by atoms with van der Waals surface area (Å²) in [6.45, 7) is 2.23. The van der Waals surface area contributed by atoms with E-state index in [4.69, 9.17) is 0 Å². The molecule has 2 nitrogen and oxygen atoms in total. The maximum absolute atomic E-state index is 10.2. The van der Waals surface area contributed by atoms with Gasteiger partial charge in [0.15, 0.2) is 6.04 Å². The zero-order valence-corrected chi connectivity index (χ0v) is 18.8. The Bertz CT molecular complexity index is 1100. The molecular formula is C27H26BF4NO. The van der Waals surface area contributed by atoms with Crippen molar-refractivity contribution >= 4 is 7.25 Å². The Kier molecular flexibility index (Phi) is 8.60. The summed E-state index contributed by atoms with van der Waals surface area (Å²) in [4.78, 5) is 0. The summed E-state index contributed by atoms with van der Waals surface area (Å²) in [7, 11) is -6.00. The molecular weight excluding hydrogens is 441 g/mol. The van der Waals surface area contributed by atoms with Gasteiger partial charge in [0.05, 0.1) is 0 Å². The molecule has 0 fully saturated rings. The number of pyridine rings is 1. The molecule has 176 valence electrons. The van der Waals surface area contributed by atoms with Gasteiger partial charge in [0.2, 0.25) is 11.4 Å². The van der Waals surface area contributed by atoms with Gasteiger partial charge in [-0.3, -0.25) is 0 Å². The van der Waals surface area contributed by atoms with Crippen LogP contribution in [-0.4, -0.2) is 19.0 Å². The Balaban J connectivity index is 0.000000588.